The zero-order valence-electron chi connectivity index (χ0n) is 22.2. The van der Waals surface area contributed by atoms with E-state index in [9.17, 15) is 23.4 Å². The fraction of sp³-hybridized carbons (Fsp3) is 0.345. The summed E-state index contributed by atoms with van der Waals surface area (Å²) < 4.78 is 39.3. The first-order valence-corrected chi connectivity index (χ1v) is 14.2. The largest absolute Gasteiger partial charge is 0.508 e. The Morgan fingerprint density at radius 3 is 2.44 bits per heavy atom. The highest BCUT2D eigenvalue weighted by Gasteiger charge is 2.32. The molecule has 3 N–H and O–H groups in total. The van der Waals surface area contributed by atoms with Crippen molar-refractivity contribution in [3.8, 4) is 17.2 Å². The Labute approximate surface area is 229 Å². The molecule has 4 rings (SSSR count). The topological polar surface area (TPSA) is 125 Å². The predicted molar refractivity (Wildman–Crippen MR) is 146 cm³/mol. The maximum absolute atomic E-state index is 13.7. The molecule has 3 aromatic rings. The molecular weight excluding hydrogens is 520 g/mol. The summed E-state index contributed by atoms with van der Waals surface area (Å²) in [6.07, 6.45) is -0.972. The molecule has 208 valence electrons. The molecule has 0 aliphatic carbocycles. The van der Waals surface area contributed by atoms with E-state index >= 15 is 0 Å². The number of hydrogen-bond acceptors (Lipinski definition) is 7. The average molecular weight is 555 g/mol. The minimum atomic E-state index is -4.02. The van der Waals surface area contributed by atoms with Crippen LogP contribution < -0.4 is 14.8 Å². The summed E-state index contributed by atoms with van der Waals surface area (Å²) in [5.41, 5.74) is 1.55. The van der Waals surface area contributed by atoms with E-state index in [2.05, 4.69) is 5.32 Å². The van der Waals surface area contributed by atoms with E-state index in [0.29, 0.717) is 17.1 Å². The van der Waals surface area contributed by atoms with Crippen LogP contribution in [0.4, 0.5) is 0 Å². The van der Waals surface area contributed by atoms with Crippen molar-refractivity contribution in [3.05, 3.63) is 83.4 Å². The number of aliphatic hydroxyl groups excluding tert-OH is 1. The first-order chi connectivity index (χ1) is 18.6. The van der Waals surface area contributed by atoms with Crippen LogP contribution in [0.25, 0.3) is 0 Å². The molecule has 0 radical (unpaired) electrons. The number of ether oxygens (including phenoxy) is 2. The standard InChI is InChI=1S/C29H34N2O7S/c1-19(2)16-31(39(35,36)22-12-13-27-28(15-22)38-18-37-27)17-26(33)24(14-21-8-5-4-6-9-21)30-29(34)23-10-7-11-25(32)20(23)3/h4-13,15,19,24,26,32-33H,14,16-18H2,1-3H3,(H,30,34)/t24-,26+/m0/s1. The van der Waals surface area contributed by atoms with Crippen LogP contribution in [0.3, 0.4) is 0 Å². The Morgan fingerprint density at radius 2 is 1.72 bits per heavy atom. The lowest BCUT2D eigenvalue weighted by atomic mass is 9.99. The highest BCUT2D eigenvalue weighted by atomic mass is 32.2. The van der Waals surface area contributed by atoms with Crippen molar-refractivity contribution in [2.45, 2.75) is 44.2 Å². The molecule has 0 saturated carbocycles. The quantitative estimate of drug-likeness (QED) is 0.331. The van der Waals surface area contributed by atoms with Crippen LogP contribution in [0.5, 0.6) is 17.2 Å². The summed E-state index contributed by atoms with van der Waals surface area (Å²) in [5.74, 6) is 0.297. The van der Waals surface area contributed by atoms with Gasteiger partial charge in [-0.1, -0.05) is 50.2 Å². The maximum Gasteiger partial charge on any atom is 0.252 e. The van der Waals surface area contributed by atoms with Gasteiger partial charge < -0.3 is 25.0 Å². The molecule has 10 heteroatoms. The highest BCUT2D eigenvalue weighted by molar-refractivity contribution is 7.89. The van der Waals surface area contributed by atoms with E-state index in [0.717, 1.165) is 5.56 Å². The predicted octanol–water partition coefficient (Wildman–Crippen LogP) is 3.48. The van der Waals surface area contributed by atoms with E-state index in [1.807, 2.05) is 44.2 Å². The number of hydrogen-bond donors (Lipinski definition) is 3. The van der Waals surface area contributed by atoms with E-state index in [1.54, 1.807) is 25.1 Å². The van der Waals surface area contributed by atoms with Gasteiger partial charge in [0.2, 0.25) is 16.8 Å². The van der Waals surface area contributed by atoms with Gasteiger partial charge in [-0.05, 0) is 49.1 Å². The van der Waals surface area contributed by atoms with E-state index in [1.165, 1.54) is 22.5 Å². The lowest BCUT2D eigenvalue weighted by molar-refractivity contribution is 0.0775. The van der Waals surface area contributed by atoms with Gasteiger partial charge in [0.1, 0.15) is 5.75 Å². The number of nitrogens with one attached hydrogen (secondary N) is 1. The molecular formula is C29H34N2O7S. The smallest absolute Gasteiger partial charge is 0.252 e. The second-order valence-electron chi connectivity index (χ2n) is 10.0. The van der Waals surface area contributed by atoms with Gasteiger partial charge in [-0.15, -0.1) is 0 Å². The first-order valence-electron chi connectivity index (χ1n) is 12.8. The van der Waals surface area contributed by atoms with Crippen LogP contribution in [0.1, 0.15) is 35.3 Å². The number of phenolic OH excluding ortho intramolecular Hbond substituents is 1. The van der Waals surface area contributed by atoms with Crippen molar-refractivity contribution in [2.75, 3.05) is 19.9 Å². The number of fused-ring (bicyclic) bond motifs is 1. The number of aliphatic hydroxyl groups is 1. The van der Waals surface area contributed by atoms with Gasteiger partial charge in [0.15, 0.2) is 11.5 Å². The van der Waals surface area contributed by atoms with Crippen LogP contribution in [-0.2, 0) is 16.4 Å². The van der Waals surface area contributed by atoms with Crippen molar-refractivity contribution in [3.63, 3.8) is 0 Å². The van der Waals surface area contributed by atoms with Gasteiger partial charge in [-0.3, -0.25) is 4.79 Å². The summed E-state index contributed by atoms with van der Waals surface area (Å²) in [5, 5.41) is 24.4. The van der Waals surface area contributed by atoms with Gasteiger partial charge in [0.05, 0.1) is 17.0 Å². The number of rotatable bonds is 11. The summed E-state index contributed by atoms with van der Waals surface area (Å²) in [7, 11) is -4.02. The molecule has 0 unspecified atom stereocenters. The third-order valence-corrected chi connectivity index (χ3v) is 8.40. The lowest BCUT2D eigenvalue weighted by Crippen LogP contribution is -2.51. The minimum Gasteiger partial charge on any atom is -0.508 e. The van der Waals surface area contributed by atoms with Crippen molar-refractivity contribution >= 4 is 15.9 Å². The molecule has 0 spiro atoms. The van der Waals surface area contributed by atoms with Crippen LogP contribution >= 0.6 is 0 Å². The molecule has 0 fully saturated rings. The maximum atomic E-state index is 13.7. The zero-order chi connectivity index (χ0) is 28.2. The van der Waals surface area contributed by atoms with Crippen LogP contribution in [0.15, 0.2) is 71.6 Å². The number of amides is 1. The van der Waals surface area contributed by atoms with Crippen molar-refractivity contribution < 1.29 is 32.9 Å². The van der Waals surface area contributed by atoms with Crippen molar-refractivity contribution in [2.24, 2.45) is 5.92 Å². The average Bonchev–Trinajstić information content (AvgIpc) is 3.38. The van der Waals surface area contributed by atoms with Crippen LogP contribution in [-0.4, -0.2) is 60.9 Å². The van der Waals surface area contributed by atoms with Gasteiger partial charge in [-0.2, -0.15) is 4.31 Å². The number of benzene rings is 3. The Kier molecular flexibility index (Phi) is 8.79. The monoisotopic (exact) mass is 554 g/mol. The van der Waals surface area contributed by atoms with Gasteiger partial charge in [-0.25, -0.2) is 8.42 Å². The van der Waals surface area contributed by atoms with Gasteiger partial charge in [0.25, 0.3) is 5.91 Å². The Balaban J connectivity index is 1.62. The van der Waals surface area contributed by atoms with Gasteiger partial charge >= 0.3 is 0 Å². The molecule has 0 saturated heterocycles. The molecule has 1 aliphatic heterocycles. The van der Waals surface area contributed by atoms with Crippen molar-refractivity contribution in [1.29, 1.82) is 0 Å². The summed E-state index contributed by atoms with van der Waals surface area (Å²) in [6.45, 7) is 5.35. The van der Waals surface area contributed by atoms with E-state index < -0.39 is 28.1 Å². The Morgan fingerprint density at radius 1 is 1.00 bits per heavy atom. The summed E-state index contributed by atoms with van der Waals surface area (Å²) in [6, 6.07) is 17.6. The SMILES string of the molecule is Cc1c(O)cccc1C(=O)N[C@@H](Cc1ccccc1)[C@H](O)CN(CC(C)C)S(=O)(=O)c1ccc2c(c1)OCO2. The molecule has 3 aromatic carbocycles. The number of nitrogens with zero attached hydrogens (tertiary/aromatic N) is 1. The normalized spacial score (nSPS) is 14.4. The summed E-state index contributed by atoms with van der Waals surface area (Å²) in [4.78, 5) is 13.2. The molecule has 0 aromatic heterocycles. The van der Waals surface area contributed by atoms with Crippen LogP contribution in [0, 0.1) is 12.8 Å². The number of sulfonamides is 1. The second-order valence-corrected chi connectivity index (χ2v) is 12.0. The molecule has 39 heavy (non-hydrogen) atoms. The fourth-order valence-corrected chi connectivity index (χ4v) is 6.10. The first kappa shape index (κ1) is 28.4. The molecule has 1 heterocycles. The zero-order valence-corrected chi connectivity index (χ0v) is 23.0. The minimum absolute atomic E-state index is 0.0132. The lowest BCUT2D eigenvalue weighted by Gasteiger charge is -2.31. The third kappa shape index (κ3) is 6.70. The molecule has 0 bridgehead atoms. The summed E-state index contributed by atoms with van der Waals surface area (Å²) >= 11 is 0. The molecule has 1 amide bonds. The molecule has 1 aliphatic rings. The third-order valence-electron chi connectivity index (χ3n) is 6.57. The molecule has 2 atom stereocenters. The number of carbonyl (C=O) groups is 1. The molecule has 9 nitrogen and oxygen atoms in total. The highest BCUT2D eigenvalue weighted by Crippen LogP contribution is 2.35. The second kappa shape index (κ2) is 12.1. The Hall–Kier alpha value is -3.60. The van der Waals surface area contributed by atoms with Crippen LogP contribution in [0.2, 0.25) is 0 Å². The van der Waals surface area contributed by atoms with Crippen molar-refractivity contribution in [1.82, 2.24) is 9.62 Å². The fourth-order valence-electron chi connectivity index (χ4n) is 4.47. The number of phenols is 1. The number of carbonyl (C=O) groups excluding carboxylic acids is 1. The van der Waals surface area contributed by atoms with E-state index in [4.69, 9.17) is 9.47 Å². The van der Waals surface area contributed by atoms with Gasteiger partial charge in [0, 0.05) is 30.3 Å². The van der Waals surface area contributed by atoms with E-state index in [-0.39, 0.29) is 48.4 Å². The number of aromatic hydroxyl groups is 1. The Bertz CT molecular complexity index is 1410.